The molecule has 0 bridgehead atoms. The van der Waals surface area contributed by atoms with Gasteiger partial charge in [-0.15, -0.1) is 10.2 Å². The molecule has 1 N–H and O–H groups in total. The van der Waals surface area contributed by atoms with Crippen molar-refractivity contribution in [3.05, 3.63) is 66.2 Å². The summed E-state index contributed by atoms with van der Waals surface area (Å²) in [4.78, 5) is 14.9. The van der Waals surface area contributed by atoms with Crippen LogP contribution in [0, 0.1) is 0 Å². The molecular weight excluding hydrogens is 490 g/mol. The van der Waals surface area contributed by atoms with E-state index in [9.17, 15) is 13.2 Å². The zero-order chi connectivity index (χ0) is 25.8. The number of carbonyl (C=O) groups is 1. The maximum Gasteiger partial charge on any atom is 0.258 e. The van der Waals surface area contributed by atoms with Crippen LogP contribution in [-0.2, 0) is 28.2 Å². The minimum Gasteiger partial charge on any atom is -0.483 e. The van der Waals surface area contributed by atoms with Crippen molar-refractivity contribution in [2.24, 2.45) is 7.05 Å². The van der Waals surface area contributed by atoms with Gasteiger partial charge in [0.05, 0.1) is 11.5 Å². The van der Waals surface area contributed by atoms with E-state index in [1.165, 1.54) is 0 Å². The molecule has 1 atom stereocenters. The number of aromatic nitrogens is 3. The van der Waals surface area contributed by atoms with E-state index in [1.807, 2.05) is 41.9 Å². The second-order valence-corrected chi connectivity index (χ2v) is 12.2. The van der Waals surface area contributed by atoms with Gasteiger partial charge in [0.1, 0.15) is 17.9 Å². The number of hydrogen-bond acceptors (Lipinski definition) is 7. The van der Waals surface area contributed by atoms with Crippen LogP contribution in [0.15, 0.2) is 54.9 Å². The molecule has 0 unspecified atom stereocenters. The van der Waals surface area contributed by atoms with Gasteiger partial charge in [0, 0.05) is 31.1 Å². The van der Waals surface area contributed by atoms with Crippen molar-refractivity contribution >= 4 is 15.7 Å². The smallest absolute Gasteiger partial charge is 0.258 e. The van der Waals surface area contributed by atoms with Crippen molar-refractivity contribution < 1.29 is 17.9 Å². The van der Waals surface area contributed by atoms with Crippen LogP contribution in [0.5, 0.6) is 5.75 Å². The largest absolute Gasteiger partial charge is 0.483 e. The predicted octanol–water partition coefficient (Wildman–Crippen LogP) is 2.54. The van der Waals surface area contributed by atoms with Crippen LogP contribution in [0.1, 0.15) is 36.6 Å². The van der Waals surface area contributed by atoms with E-state index in [4.69, 9.17) is 4.74 Å². The lowest BCUT2D eigenvalue weighted by Gasteiger charge is -2.32. The van der Waals surface area contributed by atoms with Crippen molar-refractivity contribution in [3.63, 3.8) is 0 Å². The fourth-order valence-corrected chi connectivity index (χ4v) is 6.90. The second kappa shape index (κ2) is 11.0. The summed E-state index contributed by atoms with van der Waals surface area (Å²) in [6.45, 7) is 2.43. The standard InChI is InChI=1S/C27H33N5O4S/c1-31-19-28-30-27(31)21-9-12-32(13-10-21)16-23-15-22(20-5-3-2-4-6-20)7-8-25(23)36-17-26(33)29-24-11-14-37(34,35)18-24/h2-8,15,19,21,24H,9-14,16-18H2,1H3,(H,29,33)/t24-/m0/s1. The number of nitrogens with zero attached hydrogens (tertiary/aromatic N) is 4. The number of piperidine rings is 1. The van der Waals surface area contributed by atoms with E-state index in [0.29, 0.717) is 24.6 Å². The lowest BCUT2D eigenvalue weighted by atomic mass is 9.95. The third-order valence-electron chi connectivity index (χ3n) is 7.22. The molecule has 1 aromatic heterocycles. The van der Waals surface area contributed by atoms with Gasteiger partial charge < -0.3 is 14.6 Å². The molecule has 37 heavy (non-hydrogen) atoms. The molecular formula is C27H33N5O4S. The average molecular weight is 524 g/mol. The molecule has 2 aliphatic rings. The maximum atomic E-state index is 12.5. The number of rotatable bonds is 8. The Hall–Kier alpha value is -3.24. The molecule has 1 amide bonds. The summed E-state index contributed by atoms with van der Waals surface area (Å²) in [7, 11) is -1.06. The zero-order valence-corrected chi connectivity index (χ0v) is 21.9. The Morgan fingerprint density at radius 2 is 1.86 bits per heavy atom. The Bertz CT molecular complexity index is 1330. The number of carbonyl (C=O) groups excluding carboxylic acids is 1. The molecule has 2 aliphatic heterocycles. The van der Waals surface area contributed by atoms with Gasteiger partial charge in [-0.1, -0.05) is 36.4 Å². The van der Waals surface area contributed by atoms with Gasteiger partial charge in [0.15, 0.2) is 16.4 Å². The third kappa shape index (κ3) is 6.37. The fraction of sp³-hybridized carbons (Fsp3) is 0.444. The number of sulfone groups is 1. The highest BCUT2D eigenvalue weighted by Crippen LogP contribution is 2.31. The van der Waals surface area contributed by atoms with E-state index in [1.54, 1.807) is 6.33 Å². The van der Waals surface area contributed by atoms with E-state index >= 15 is 0 Å². The third-order valence-corrected chi connectivity index (χ3v) is 8.98. The minimum absolute atomic E-state index is 0.0000554. The first kappa shape index (κ1) is 25.4. The number of likely N-dealkylation sites (tertiary alicyclic amines) is 1. The van der Waals surface area contributed by atoms with Gasteiger partial charge in [0.25, 0.3) is 5.91 Å². The van der Waals surface area contributed by atoms with Crippen molar-refractivity contribution in [2.75, 3.05) is 31.2 Å². The highest BCUT2D eigenvalue weighted by Gasteiger charge is 2.29. The SMILES string of the molecule is Cn1cnnc1C1CCN(Cc2cc(-c3ccccc3)ccc2OCC(=O)N[C@H]2CCS(=O)(=O)C2)CC1. The van der Waals surface area contributed by atoms with Crippen LogP contribution >= 0.6 is 0 Å². The maximum absolute atomic E-state index is 12.5. The summed E-state index contributed by atoms with van der Waals surface area (Å²) in [6.07, 6.45) is 4.22. The van der Waals surface area contributed by atoms with Crippen molar-refractivity contribution in [3.8, 4) is 16.9 Å². The van der Waals surface area contributed by atoms with E-state index in [0.717, 1.165) is 48.4 Å². The number of ether oxygens (including phenoxy) is 1. The molecule has 3 aromatic rings. The summed E-state index contributed by atoms with van der Waals surface area (Å²) in [5.41, 5.74) is 3.24. The van der Waals surface area contributed by atoms with Crippen LogP contribution in [0.3, 0.4) is 0 Å². The number of nitrogens with one attached hydrogen (secondary N) is 1. The molecule has 0 spiro atoms. The molecule has 0 aliphatic carbocycles. The fourth-order valence-electron chi connectivity index (χ4n) is 5.23. The molecule has 196 valence electrons. The first-order valence-electron chi connectivity index (χ1n) is 12.7. The van der Waals surface area contributed by atoms with Crippen LogP contribution < -0.4 is 10.1 Å². The van der Waals surface area contributed by atoms with Gasteiger partial charge in [-0.3, -0.25) is 9.69 Å². The monoisotopic (exact) mass is 523 g/mol. The molecule has 3 heterocycles. The lowest BCUT2D eigenvalue weighted by Crippen LogP contribution is -2.38. The van der Waals surface area contributed by atoms with Gasteiger partial charge in [0.2, 0.25) is 0 Å². The summed E-state index contributed by atoms with van der Waals surface area (Å²) >= 11 is 0. The van der Waals surface area contributed by atoms with Gasteiger partial charge in [-0.2, -0.15) is 0 Å². The summed E-state index contributed by atoms with van der Waals surface area (Å²) < 4.78 is 31.4. The highest BCUT2D eigenvalue weighted by molar-refractivity contribution is 7.91. The Labute approximate surface area is 217 Å². The normalized spacial score (nSPS) is 20.1. The van der Waals surface area contributed by atoms with E-state index in [2.05, 4.69) is 38.6 Å². The summed E-state index contributed by atoms with van der Waals surface area (Å²) in [6, 6.07) is 15.9. The van der Waals surface area contributed by atoms with Crippen LogP contribution in [0.25, 0.3) is 11.1 Å². The van der Waals surface area contributed by atoms with Crippen LogP contribution in [0.2, 0.25) is 0 Å². The first-order chi connectivity index (χ1) is 17.9. The summed E-state index contributed by atoms with van der Waals surface area (Å²) in [5.74, 6) is 1.93. The quantitative estimate of drug-likeness (QED) is 0.484. The predicted molar refractivity (Wildman–Crippen MR) is 141 cm³/mol. The Morgan fingerprint density at radius 1 is 1.08 bits per heavy atom. The molecule has 0 radical (unpaired) electrons. The Kier molecular flexibility index (Phi) is 7.57. The van der Waals surface area contributed by atoms with Gasteiger partial charge in [-0.05, 0) is 55.6 Å². The van der Waals surface area contributed by atoms with Crippen LogP contribution in [0.4, 0.5) is 0 Å². The Morgan fingerprint density at radius 3 is 2.54 bits per heavy atom. The first-order valence-corrected chi connectivity index (χ1v) is 14.6. The molecule has 2 fully saturated rings. The number of benzene rings is 2. The Balaban J connectivity index is 1.26. The van der Waals surface area contributed by atoms with E-state index < -0.39 is 9.84 Å². The molecule has 9 nitrogen and oxygen atoms in total. The van der Waals surface area contributed by atoms with Crippen molar-refractivity contribution in [1.82, 2.24) is 25.0 Å². The van der Waals surface area contributed by atoms with Gasteiger partial charge >= 0.3 is 0 Å². The zero-order valence-electron chi connectivity index (χ0n) is 21.0. The second-order valence-electron chi connectivity index (χ2n) is 10.00. The van der Waals surface area contributed by atoms with Gasteiger partial charge in [-0.25, -0.2) is 8.42 Å². The molecule has 2 saturated heterocycles. The molecule has 5 rings (SSSR count). The highest BCUT2D eigenvalue weighted by atomic mass is 32.2. The number of aryl methyl sites for hydroxylation is 1. The molecule has 10 heteroatoms. The summed E-state index contributed by atoms with van der Waals surface area (Å²) in [5, 5.41) is 11.1. The lowest BCUT2D eigenvalue weighted by molar-refractivity contribution is -0.123. The van der Waals surface area contributed by atoms with Crippen LogP contribution in [-0.4, -0.2) is 71.2 Å². The van der Waals surface area contributed by atoms with Crippen molar-refractivity contribution in [2.45, 2.75) is 37.8 Å². The molecule has 2 aromatic carbocycles. The number of amides is 1. The topological polar surface area (TPSA) is 106 Å². The average Bonchev–Trinajstić information content (AvgIpc) is 3.48. The number of hydrogen-bond donors (Lipinski definition) is 1. The molecule has 0 saturated carbocycles. The minimum atomic E-state index is -3.05. The van der Waals surface area contributed by atoms with E-state index in [-0.39, 0.29) is 30.1 Å². The van der Waals surface area contributed by atoms with Crippen molar-refractivity contribution in [1.29, 1.82) is 0 Å².